The lowest BCUT2D eigenvalue weighted by atomic mass is 10.1. The molecule has 0 unspecified atom stereocenters. The highest BCUT2D eigenvalue weighted by Gasteiger charge is 2.20. The monoisotopic (exact) mass is 444 g/mol. The van der Waals surface area contributed by atoms with Crippen LogP contribution >= 0.6 is 0 Å². The van der Waals surface area contributed by atoms with Gasteiger partial charge in [0.25, 0.3) is 0 Å². The van der Waals surface area contributed by atoms with E-state index in [0.717, 1.165) is 5.69 Å². The van der Waals surface area contributed by atoms with Crippen molar-refractivity contribution in [2.45, 2.75) is 26.6 Å². The summed E-state index contributed by atoms with van der Waals surface area (Å²) in [6.45, 7) is 0.0344. The molecule has 4 rings (SSSR count). The van der Waals surface area contributed by atoms with Gasteiger partial charge in [-0.05, 0) is 25.1 Å². The Morgan fingerprint density at radius 2 is 1.97 bits per heavy atom. The SMILES string of the molecule is CCNC(=NCc1cc2c(cc1OC(F)F)OCO2)NCc1nncn1-c1ccccc1. The summed E-state index contributed by atoms with van der Waals surface area (Å²) in [6.07, 6.45) is 1.64. The molecule has 2 heterocycles. The lowest BCUT2D eigenvalue weighted by Crippen LogP contribution is -2.37. The second kappa shape index (κ2) is 9.94. The molecule has 0 saturated heterocycles. The molecule has 0 fully saturated rings. The number of nitrogens with one attached hydrogen (secondary N) is 2. The van der Waals surface area contributed by atoms with Crippen molar-refractivity contribution in [3.8, 4) is 22.9 Å². The largest absolute Gasteiger partial charge is 0.454 e. The minimum Gasteiger partial charge on any atom is -0.454 e. The topological polar surface area (TPSA) is 94.8 Å². The number of para-hydroxylation sites is 1. The molecule has 3 aromatic rings. The van der Waals surface area contributed by atoms with Crippen molar-refractivity contribution in [3.05, 3.63) is 60.2 Å². The number of alkyl halides is 2. The lowest BCUT2D eigenvalue weighted by Gasteiger charge is -2.14. The van der Waals surface area contributed by atoms with Crippen molar-refractivity contribution in [1.82, 2.24) is 25.4 Å². The van der Waals surface area contributed by atoms with E-state index in [1.54, 1.807) is 12.4 Å². The first-order valence-corrected chi connectivity index (χ1v) is 9.98. The first-order chi connectivity index (χ1) is 15.6. The highest BCUT2D eigenvalue weighted by atomic mass is 19.3. The Balaban J connectivity index is 1.50. The van der Waals surface area contributed by atoms with Crippen molar-refractivity contribution in [3.63, 3.8) is 0 Å². The Labute approximate surface area is 183 Å². The minimum atomic E-state index is -2.96. The van der Waals surface area contributed by atoms with Crippen molar-refractivity contribution in [2.75, 3.05) is 13.3 Å². The molecule has 9 nitrogen and oxygen atoms in total. The van der Waals surface area contributed by atoms with E-state index < -0.39 is 6.61 Å². The number of benzene rings is 2. The Morgan fingerprint density at radius 1 is 1.19 bits per heavy atom. The molecule has 1 aromatic heterocycles. The van der Waals surface area contributed by atoms with Crippen molar-refractivity contribution in [2.24, 2.45) is 4.99 Å². The van der Waals surface area contributed by atoms with E-state index in [1.165, 1.54) is 6.07 Å². The van der Waals surface area contributed by atoms with Gasteiger partial charge >= 0.3 is 6.61 Å². The molecule has 0 bridgehead atoms. The maximum atomic E-state index is 12.9. The highest BCUT2D eigenvalue weighted by molar-refractivity contribution is 5.79. The van der Waals surface area contributed by atoms with Gasteiger partial charge in [-0.15, -0.1) is 10.2 Å². The fraction of sp³-hybridized carbons (Fsp3) is 0.286. The van der Waals surface area contributed by atoms with Crippen LogP contribution in [-0.2, 0) is 13.1 Å². The molecule has 0 aliphatic carbocycles. The zero-order valence-corrected chi connectivity index (χ0v) is 17.3. The molecule has 1 aliphatic heterocycles. The molecule has 0 atom stereocenters. The van der Waals surface area contributed by atoms with Crippen LogP contribution in [-0.4, -0.2) is 40.7 Å². The van der Waals surface area contributed by atoms with Crippen LogP contribution in [0.25, 0.3) is 5.69 Å². The molecule has 2 aromatic carbocycles. The van der Waals surface area contributed by atoms with Crippen molar-refractivity contribution < 1.29 is 23.0 Å². The number of ether oxygens (including phenoxy) is 3. The molecule has 32 heavy (non-hydrogen) atoms. The molecule has 0 saturated carbocycles. The van der Waals surface area contributed by atoms with Gasteiger partial charge in [0.15, 0.2) is 23.3 Å². The summed E-state index contributed by atoms with van der Waals surface area (Å²) < 4.78 is 42.8. The van der Waals surface area contributed by atoms with Crippen LogP contribution in [0.5, 0.6) is 17.2 Å². The number of halogens is 2. The first-order valence-electron chi connectivity index (χ1n) is 9.98. The third-order valence-electron chi connectivity index (χ3n) is 4.59. The summed E-state index contributed by atoms with van der Waals surface area (Å²) >= 11 is 0. The van der Waals surface area contributed by atoms with Crippen LogP contribution in [0, 0.1) is 0 Å². The number of hydrogen-bond acceptors (Lipinski definition) is 6. The van der Waals surface area contributed by atoms with Gasteiger partial charge in [0.1, 0.15) is 12.1 Å². The van der Waals surface area contributed by atoms with Crippen LogP contribution in [0.3, 0.4) is 0 Å². The normalized spacial score (nSPS) is 12.8. The Morgan fingerprint density at radius 3 is 2.72 bits per heavy atom. The quantitative estimate of drug-likeness (QED) is 0.408. The molecular formula is C21H22F2N6O3. The molecule has 0 amide bonds. The Kier molecular flexibility index (Phi) is 6.63. The van der Waals surface area contributed by atoms with E-state index in [1.807, 2.05) is 41.8 Å². The summed E-state index contributed by atoms with van der Waals surface area (Å²) in [5.41, 5.74) is 1.38. The zero-order chi connectivity index (χ0) is 22.3. The smallest absolute Gasteiger partial charge is 0.387 e. The number of fused-ring (bicyclic) bond motifs is 1. The summed E-state index contributed by atoms with van der Waals surface area (Å²) in [7, 11) is 0. The van der Waals surface area contributed by atoms with E-state index in [4.69, 9.17) is 9.47 Å². The number of rotatable bonds is 8. The van der Waals surface area contributed by atoms with Crippen LogP contribution in [0.4, 0.5) is 8.78 Å². The van der Waals surface area contributed by atoms with E-state index in [0.29, 0.717) is 41.9 Å². The number of aromatic nitrogens is 3. The van der Waals surface area contributed by atoms with Gasteiger partial charge in [0.2, 0.25) is 6.79 Å². The first kappa shape index (κ1) is 21.3. The average molecular weight is 444 g/mol. The van der Waals surface area contributed by atoms with E-state index in [9.17, 15) is 8.78 Å². The van der Waals surface area contributed by atoms with E-state index in [-0.39, 0.29) is 19.1 Å². The van der Waals surface area contributed by atoms with Gasteiger partial charge in [-0.3, -0.25) is 4.57 Å². The molecular weight excluding hydrogens is 422 g/mol. The molecule has 2 N–H and O–H groups in total. The molecule has 0 radical (unpaired) electrons. The van der Waals surface area contributed by atoms with Gasteiger partial charge < -0.3 is 24.8 Å². The summed E-state index contributed by atoms with van der Waals surface area (Å²) in [4.78, 5) is 4.49. The Bertz CT molecular complexity index is 1070. The van der Waals surface area contributed by atoms with Crippen molar-refractivity contribution >= 4 is 5.96 Å². The summed E-state index contributed by atoms with van der Waals surface area (Å²) in [5, 5.41) is 14.5. The van der Waals surface area contributed by atoms with Gasteiger partial charge in [0.05, 0.1) is 13.1 Å². The predicted octanol–water partition coefficient (Wildman–Crippen LogP) is 2.85. The standard InChI is InChI=1S/C21H22F2N6O3/c1-2-24-21(26-11-19-28-27-12-29(19)15-6-4-3-5-7-15)25-10-14-8-17-18(31-13-30-17)9-16(14)32-20(22)23/h3-9,12,20H,2,10-11,13H2,1H3,(H2,24,25,26). The maximum absolute atomic E-state index is 12.9. The fourth-order valence-corrected chi connectivity index (χ4v) is 3.15. The maximum Gasteiger partial charge on any atom is 0.387 e. The fourth-order valence-electron chi connectivity index (χ4n) is 3.15. The summed E-state index contributed by atoms with van der Waals surface area (Å²) in [6, 6.07) is 12.7. The minimum absolute atomic E-state index is 0.00679. The number of guanidine groups is 1. The number of nitrogens with zero attached hydrogens (tertiary/aromatic N) is 4. The highest BCUT2D eigenvalue weighted by Crippen LogP contribution is 2.39. The lowest BCUT2D eigenvalue weighted by molar-refractivity contribution is -0.0505. The third kappa shape index (κ3) is 5.05. The second-order valence-electron chi connectivity index (χ2n) is 6.69. The number of hydrogen-bond donors (Lipinski definition) is 2. The van der Waals surface area contributed by atoms with Crippen LogP contribution < -0.4 is 24.8 Å². The molecule has 168 valence electrons. The van der Waals surface area contributed by atoms with Crippen LogP contribution in [0.15, 0.2) is 53.8 Å². The second-order valence-corrected chi connectivity index (χ2v) is 6.69. The zero-order valence-electron chi connectivity index (χ0n) is 17.3. The van der Waals surface area contributed by atoms with Crippen LogP contribution in [0.2, 0.25) is 0 Å². The predicted molar refractivity (Wildman–Crippen MR) is 112 cm³/mol. The van der Waals surface area contributed by atoms with Gasteiger partial charge in [0, 0.05) is 23.9 Å². The van der Waals surface area contributed by atoms with E-state index >= 15 is 0 Å². The summed E-state index contributed by atoms with van der Waals surface area (Å²) in [5.74, 6) is 1.99. The molecule has 1 aliphatic rings. The number of aliphatic imine (C=N–C) groups is 1. The Hall–Kier alpha value is -3.89. The van der Waals surface area contributed by atoms with Gasteiger partial charge in [-0.2, -0.15) is 8.78 Å². The molecule has 0 spiro atoms. The van der Waals surface area contributed by atoms with Gasteiger partial charge in [-0.1, -0.05) is 18.2 Å². The third-order valence-corrected chi connectivity index (χ3v) is 4.59. The molecule has 11 heteroatoms. The van der Waals surface area contributed by atoms with E-state index in [2.05, 4.69) is 30.6 Å². The van der Waals surface area contributed by atoms with Gasteiger partial charge in [-0.25, -0.2) is 4.99 Å². The van der Waals surface area contributed by atoms with Crippen molar-refractivity contribution in [1.29, 1.82) is 0 Å². The van der Waals surface area contributed by atoms with Crippen LogP contribution in [0.1, 0.15) is 18.3 Å². The average Bonchev–Trinajstić information content (AvgIpc) is 3.44.